The van der Waals surface area contributed by atoms with Crippen molar-refractivity contribution in [3.05, 3.63) is 33.3 Å². The molecule has 0 aromatic heterocycles. The normalized spacial score (nSPS) is 24.7. The van der Waals surface area contributed by atoms with E-state index in [1.165, 1.54) is 18.4 Å². The summed E-state index contributed by atoms with van der Waals surface area (Å²) < 4.78 is 0.973. The van der Waals surface area contributed by atoms with Crippen LogP contribution in [0.4, 0.5) is 0 Å². The Morgan fingerprint density at radius 2 is 2.28 bits per heavy atom. The number of hydrogen-bond donors (Lipinski definition) is 1. The monoisotopic (exact) mass is 330 g/mol. The molecule has 18 heavy (non-hydrogen) atoms. The lowest BCUT2D eigenvalue weighted by molar-refractivity contribution is 0.230. The highest BCUT2D eigenvalue weighted by atomic mass is 79.9. The summed E-state index contributed by atoms with van der Waals surface area (Å²) in [5.41, 5.74) is 7.25. The summed E-state index contributed by atoms with van der Waals surface area (Å²) in [4.78, 5) is 2.55. The SMILES string of the molecule is CCCN1CCC(CN)C1c1ccc(Cl)c(Br)c1. The summed E-state index contributed by atoms with van der Waals surface area (Å²) in [6.07, 6.45) is 2.38. The summed E-state index contributed by atoms with van der Waals surface area (Å²) in [7, 11) is 0. The van der Waals surface area contributed by atoms with Gasteiger partial charge in [0.15, 0.2) is 0 Å². The zero-order chi connectivity index (χ0) is 13.1. The van der Waals surface area contributed by atoms with E-state index in [9.17, 15) is 0 Å². The summed E-state index contributed by atoms with van der Waals surface area (Å²) >= 11 is 9.58. The van der Waals surface area contributed by atoms with Gasteiger partial charge in [-0.15, -0.1) is 0 Å². The smallest absolute Gasteiger partial charge is 0.0548 e. The molecule has 2 atom stereocenters. The van der Waals surface area contributed by atoms with Crippen molar-refractivity contribution in [3.63, 3.8) is 0 Å². The summed E-state index contributed by atoms with van der Waals surface area (Å²) in [5.74, 6) is 0.560. The number of nitrogens with two attached hydrogens (primary N) is 1. The zero-order valence-electron chi connectivity index (χ0n) is 10.7. The predicted molar refractivity (Wildman–Crippen MR) is 80.9 cm³/mol. The zero-order valence-corrected chi connectivity index (χ0v) is 13.0. The Morgan fingerprint density at radius 3 is 2.89 bits per heavy atom. The van der Waals surface area contributed by atoms with Crippen LogP contribution in [-0.4, -0.2) is 24.5 Å². The lowest BCUT2D eigenvalue weighted by Crippen LogP contribution is -2.28. The third-order valence-electron chi connectivity index (χ3n) is 3.73. The van der Waals surface area contributed by atoms with Crippen molar-refractivity contribution in [2.75, 3.05) is 19.6 Å². The van der Waals surface area contributed by atoms with Gasteiger partial charge in [-0.25, -0.2) is 0 Å². The molecule has 1 aliphatic rings. The van der Waals surface area contributed by atoms with Crippen LogP contribution >= 0.6 is 27.5 Å². The average Bonchev–Trinajstić information content (AvgIpc) is 2.76. The molecular weight excluding hydrogens is 312 g/mol. The van der Waals surface area contributed by atoms with Gasteiger partial charge in [-0.3, -0.25) is 4.90 Å². The Labute approximate surface area is 123 Å². The first-order chi connectivity index (χ1) is 8.67. The van der Waals surface area contributed by atoms with Crippen LogP contribution in [0.3, 0.4) is 0 Å². The van der Waals surface area contributed by atoms with E-state index in [1.54, 1.807) is 0 Å². The Hall–Kier alpha value is -0.0900. The fraction of sp³-hybridized carbons (Fsp3) is 0.571. The standard InChI is InChI=1S/C14H20BrClN2/c1-2-6-18-7-5-11(9-17)14(18)10-3-4-13(16)12(15)8-10/h3-4,8,11,14H,2,5-7,9,17H2,1H3. The van der Waals surface area contributed by atoms with Crippen LogP contribution in [-0.2, 0) is 0 Å². The minimum Gasteiger partial charge on any atom is -0.330 e. The maximum Gasteiger partial charge on any atom is 0.0548 e. The molecular formula is C14H20BrClN2. The van der Waals surface area contributed by atoms with Gasteiger partial charge in [0.05, 0.1) is 5.02 Å². The van der Waals surface area contributed by atoms with Gasteiger partial charge in [0.1, 0.15) is 0 Å². The molecule has 4 heteroatoms. The molecule has 2 nitrogen and oxygen atoms in total. The molecule has 0 bridgehead atoms. The number of nitrogens with zero attached hydrogens (tertiary/aromatic N) is 1. The van der Waals surface area contributed by atoms with Crippen LogP contribution in [0.1, 0.15) is 31.4 Å². The second-order valence-electron chi connectivity index (χ2n) is 4.94. The number of hydrogen-bond acceptors (Lipinski definition) is 2. The van der Waals surface area contributed by atoms with Gasteiger partial charge < -0.3 is 5.73 Å². The number of rotatable bonds is 4. The van der Waals surface area contributed by atoms with Gasteiger partial charge in [-0.1, -0.05) is 24.6 Å². The van der Waals surface area contributed by atoms with E-state index in [0.29, 0.717) is 12.0 Å². The van der Waals surface area contributed by atoms with Crippen LogP contribution < -0.4 is 5.73 Å². The second kappa shape index (κ2) is 6.38. The molecule has 2 unspecified atom stereocenters. The molecule has 1 aromatic rings. The van der Waals surface area contributed by atoms with Crippen molar-refractivity contribution < 1.29 is 0 Å². The van der Waals surface area contributed by atoms with Gasteiger partial charge in [-0.05, 0) is 72.0 Å². The molecule has 1 saturated heterocycles. The molecule has 100 valence electrons. The second-order valence-corrected chi connectivity index (χ2v) is 6.20. The van der Waals surface area contributed by atoms with Gasteiger partial charge in [0.2, 0.25) is 0 Å². The molecule has 0 aliphatic carbocycles. The van der Waals surface area contributed by atoms with Crippen LogP contribution in [0.5, 0.6) is 0 Å². The Morgan fingerprint density at radius 1 is 1.50 bits per heavy atom. The first-order valence-electron chi connectivity index (χ1n) is 6.56. The first kappa shape index (κ1) is 14.3. The lowest BCUT2D eigenvalue weighted by Gasteiger charge is -2.28. The highest BCUT2D eigenvalue weighted by Gasteiger charge is 2.33. The average molecular weight is 332 g/mol. The minimum atomic E-state index is 0.448. The van der Waals surface area contributed by atoms with Crippen LogP contribution in [0.15, 0.2) is 22.7 Å². The van der Waals surface area contributed by atoms with Crippen LogP contribution in [0, 0.1) is 5.92 Å². The van der Waals surface area contributed by atoms with E-state index in [1.807, 2.05) is 6.07 Å². The Balaban J connectivity index is 2.28. The maximum atomic E-state index is 6.07. The molecule has 0 spiro atoms. The molecule has 1 heterocycles. The van der Waals surface area contributed by atoms with Crippen molar-refractivity contribution in [3.8, 4) is 0 Å². The van der Waals surface area contributed by atoms with E-state index in [2.05, 4.69) is 39.9 Å². The number of benzene rings is 1. The van der Waals surface area contributed by atoms with Crippen molar-refractivity contribution in [2.24, 2.45) is 11.7 Å². The topological polar surface area (TPSA) is 29.3 Å². The number of likely N-dealkylation sites (tertiary alicyclic amines) is 1. The fourth-order valence-corrected chi connectivity index (χ4v) is 3.40. The summed E-state index contributed by atoms with van der Waals surface area (Å²) in [5, 5.41) is 0.767. The van der Waals surface area contributed by atoms with E-state index < -0.39 is 0 Å². The molecule has 2 rings (SSSR count). The quantitative estimate of drug-likeness (QED) is 0.908. The molecule has 0 radical (unpaired) electrons. The molecule has 0 saturated carbocycles. The number of halogens is 2. The lowest BCUT2D eigenvalue weighted by atomic mass is 9.94. The Kier molecular flexibility index (Phi) is 5.07. The summed E-state index contributed by atoms with van der Waals surface area (Å²) in [6.45, 7) is 5.28. The molecule has 0 amide bonds. The van der Waals surface area contributed by atoms with Crippen molar-refractivity contribution in [2.45, 2.75) is 25.8 Å². The fourth-order valence-electron chi connectivity index (χ4n) is 2.89. The highest BCUT2D eigenvalue weighted by Crippen LogP contribution is 2.38. The first-order valence-corrected chi connectivity index (χ1v) is 7.73. The van der Waals surface area contributed by atoms with E-state index >= 15 is 0 Å². The molecule has 2 N–H and O–H groups in total. The third kappa shape index (κ3) is 2.90. The molecule has 1 aliphatic heterocycles. The van der Waals surface area contributed by atoms with Gasteiger partial charge >= 0.3 is 0 Å². The minimum absolute atomic E-state index is 0.448. The van der Waals surface area contributed by atoms with Crippen molar-refractivity contribution >= 4 is 27.5 Å². The van der Waals surface area contributed by atoms with E-state index in [0.717, 1.165) is 29.1 Å². The molecule has 1 fully saturated rings. The maximum absolute atomic E-state index is 6.07. The van der Waals surface area contributed by atoms with E-state index in [4.69, 9.17) is 17.3 Å². The summed E-state index contributed by atoms with van der Waals surface area (Å²) in [6, 6.07) is 6.69. The van der Waals surface area contributed by atoms with Gasteiger partial charge in [0.25, 0.3) is 0 Å². The van der Waals surface area contributed by atoms with Gasteiger partial charge in [-0.2, -0.15) is 0 Å². The van der Waals surface area contributed by atoms with Gasteiger partial charge in [0, 0.05) is 10.5 Å². The van der Waals surface area contributed by atoms with Crippen molar-refractivity contribution in [1.82, 2.24) is 4.90 Å². The van der Waals surface area contributed by atoms with E-state index in [-0.39, 0.29) is 0 Å². The van der Waals surface area contributed by atoms with Crippen molar-refractivity contribution in [1.29, 1.82) is 0 Å². The Bertz CT molecular complexity index is 411. The van der Waals surface area contributed by atoms with Crippen LogP contribution in [0.2, 0.25) is 5.02 Å². The molecule has 1 aromatic carbocycles. The van der Waals surface area contributed by atoms with Crippen LogP contribution in [0.25, 0.3) is 0 Å². The predicted octanol–water partition coefficient (Wildman–Crippen LogP) is 3.83. The third-order valence-corrected chi connectivity index (χ3v) is 4.94. The highest BCUT2D eigenvalue weighted by molar-refractivity contribution is 9.10. The largest absolute Gasteiger partial charge is 0.330 e.